The summed E-state index contributed by atoms with van der Waals surface area (Å²) in [5.74, 6) is -0.215. The Labute approximate surface area is 186 Å². The molecule has 30 heavy (non-hydrogen) atoms. The molecule has 1 aromatic carbocycles. The molecule has 1 rings (SSSR count). The number of amides is 2. The van der Waals surface area contributed by atoms with Crippen molar-refractivity contribution in [1.29, 1.82) is 0 Å². The topological polar surface area (TPSA) is 78.4 Å². The van der Waals surface area contributed by atoms with Crippen LogP contribution in [0.25, 0.3) is 0 Å². The van der Waals surface area contributed by atoms with Crippen LogP contribution < -0.4 is 10.6 Å². The van der Waals surface area contributed by atoms with Crippen molar-refractivity contribution >= 4 is 23.6 Å². The number of thioether (sulfide) groups is 1. The van der Waals surface area contributed by atoms with Gasteiger partial charge >= 0.3 is 11.8 Å². The van der Waals surface area contributed by atoms with Gasteiger partial charge in [0.1, 0.15) is 5.75 Å². The van der Waals surface area contributed by atoms with Gasteiger partial charge in [-0.2, -0.15) is 0 Å². The Bertz CT molecular complexity index is 578. The first-order chi connectivity index (χ1) is 14.6. The van der Waals surface area contributed by atoms with Gasteiger partial charge in [0, 0.05) is 23.7 Å². The Morgan fingerprint density at radius 1 is 0.733 bits per heavy atom. The number of hydrogen-bond acceptors (Lipinski definition) is 4. The lowest BCUT2D eigenvalue weighted by molar-refractivity contribution is -0.139. The molecule has 0 bridgehead atoms. The number of carbonyl (C=O) groups excluding carboxylic acids is 2. The summed E-state index contributed by atoms with van der Waals surface area (Å²) in [4.78, 5) is 24.6. The van der Waals surface area contributed by atoms with Crippen molar-refractivity contribution in [3.8, 4) is 5.75 Å². The Morgan fingerprint density at radius 2 is 1.20 bits per heavy atom. The minimum absolute atomic E-state index is 0.234. The first-order valence-corrected chi connectivity index (χ1v) is 12.6. The maximum Gasteiger partial charge on any atom is 0.309 e. The highest BCUT2D eigenvalue weighted by molar-refractivity contribution is 7.99. The van der Waals surface area contributed by atoms with Crippen LogP contribution in [0.5, 0.6) is 5.75 Å². The molecule has 0 saturated carbocycles. The first-order valence-electron chi connectivity index (χ1n) is 11.6. The number of carbonyl (C=O) groups is 2. The van der Waals surface area contributed by atoms with Crippen LogP contribution >= 0.6 is 11.8 Å². The van der Waals surface area contributed by atoms with Crippen LogP contribution in [0.2, 0.25) is 0 Å². The molecule has 0 spiro atoms. The predicted octanol–water partition coefficient (Wildman–Crippen LogP) is 5.42. The lowest BCUT2D eigenvalue weighted by Crippen LogP contribution is -2.41. The SMILES string of the molecule is CCCCCCCCCCCCCCNC(=O)C(=O)NCCSc1ccc(O)cc1. The standard InChI is InChI=1S/C24H40N2O3S/c1-2-3-4-5-6-7-8-9-10-11-12-13-18-25-23(28)24(29)26-19-20-30-22-16-14-21(27)15-17-22/h14-17,27H,2-13,18-20H2,1H3,(H,25,28)(H,26,29). The smallest absolute Gasteiger partial charge is 0.309 e. The molecule has 0 unspecified atom stereocenters. The number of aromatic hydroxyl groups is 1. The van der Waals surface area contributed by atoms with Crippen LogP contribution in [0.1, 0.15) is 84.0 Å². The van der Waals surface area contributed by atoms with E-state index in [1.54, 1.807) is 23.9 Å². The maximum absolute atomic E-state index is 11.8. The van der Waals surface area contributed by atoms with Gasteiger partial charge < -0.3 is 15.7 Å². The average Bonchev–Trinajstić information content (AvgIpc) is 2.75. The summed E-state index contributed by atoms with van der Waals surface area (Å²) >= 11 is 1.56. The number of rotatable bonds is 17. The molecule has 0 saturated heterocycles. The second-order valence-corrected chi connectivity index (χ2v) is 8.91. The van der Waals surface area contributed by atoms with Crippen molar-refractivity contribution in [1.82, 2.24) is 10.6 Å². The van der Waals surface area contributed by atoms with Crippen molar-refractivity contribution in [2.24, 2.45) is 0 Å². The second kappa shape index (κ2) is 18.1. The van der Waals surface area contributed by atoms with Gasteiger partial charge in [0.05, 0.1) is 0 Å². The molecule has 5 nitrogen and oxygen atoms in total. The Balaban J connectivity index is 1.89. The first kappa shape index (κ1) is 26.3. The number of benzene rings is 1. The molecule has 0 atom stereocenters. The number of hydrogen-bond donors (Lipinski definition) is 3. The highest BCUT2D eigenvalue weighted by atomic mass is 32.2. The zero-order valence-electron chi connectivity index (χ0n) is 18.6. The molecule has 2 amide bonds. The van der Waals surface area contributed by atoms with Crippen molar-refractivity contribution in [2.75, 3.05) is 18.8 Å². The summed E-state index contributed by atoms with van der Waals surface area (Å²) in [5, 5.41) is 14.6. The van der Waals surface area contributed by atoms with E-state index in [2.05, 4.69) is 17.6 Å². The molecule has 0 heterocycles. The molecule has 0 aliphatic heterocycles. The van der Waals surface area contributed by atoms with Gasteiger partial charge in [-0.25, -0.2) is 0 Å². The minimum Gasteiger partial charge on any atom is -0.508 e. The monoisotopic (exact) mass is 436 g/mol. The molecule has 1 aromatic rings. The van der Waals surface area contributed by atoms with Crippen LogP contribution in [0.4, 0.5) is 0 Å². The molecule has 0 radical (unpaired) electrons. The molecule has 6 heteroatoms. The average molecular weight is 437 g/mol. The summed E-state index contributed by atoms with van der Waals surface area (Å²) < 4.78 is 0. The van der Waals surface area contributed by atoms with Crippen LogP contribution in [0, 0.1) is 0 Å². The molecule has 0 aliphatic rings. The van der Waals surface area contributed by atoms with Gasteiger partial charge in [0.25, 0.3) is 0 Å². The lowest BCUT2D eigenvalue weighted by Gasteiger charge is -2.07. The summed E-state index contributed by atoms with van der Waals surface area (Å²) in [5.41, 5.74) is 0. The fourth-order valence-electron chi connectivity index (χ4n) is 3.20. The zero-order valence-corrected chi connectivity index (χ0v) is 19.4. The van der Waals surface area contributed by atoms with Gasteiger partial charge in [-0.1, -0.05) is 77.6 Å². The van der Waals surface area contributed by atoms with Crippen LogP contribution in [-0.2, 0) is 9.59 Å². The number of unbranched alkanes of at least 4 members (excludes halogenated alkanes) is 11. The number of nitrogens with one attached hydrogen (secondary N) is 2. The Morgan fingerprint density at radius 3 is 1.73 bits per heavy atom. The van der Waals surface area contributed by atoms with Gasteiger partial charge in [-0.3, -0.25) is 9.59 Å². The van der Waals surface area contributed by atoms with Crippen molar-refractivity contribution in [3.63, 3.8) is 0 Å². The summed E-state index contributed by atoms with van der Waals surface area (Å²) in [6.07, 6.45) is 15.3. The third-order valence-electron chi connectivity index (χ3n) is 5.02. The van der Waals surface area contributed by atoms with E-state index in [0.717, 1.165) is 17.7 Å². The molecule has 0 fully saturated rings. The van der Waals surface area contributed by atoms with E-state index in [9.17, 15) is 14.7 Å². The van der Waals surface area contributed by atoms with Crippen LogP contribution in [-0.4, -0.2) is 35.8 Å². The molecule has 3 N–H and O–H groups in total. The predicted molar refractivity (Wildman–Crippen MR) is 126 cm³/mol. The van der Waals surface area contributed by atoms with E-state index in [0.29, 0.717) is 18.8 Å². The van der Waals surface area contributed by atoms with Crippen LogP contribution in [0.15, 0.2) is 29.2 Å². The lowest BCUT2D eigenvalue weighted by atomic mass is 10.1. The highest BCUT2D eigenvalue weighted by Crippen LogP contribution is 2.19. The van der Waals surface area contributed by atoms with Crippen molar-refractivity contribution < 1.29 is 14.7 Å². The minimum atomic E-state index is -0.569. The number of phenols is 1. The summed E-state index contributed by atoms with van der Waals surface area (Å²) in [6.45, 7) is 3.24. The van der Waals surface area contributed by atoms with Gasteiger partial charge in [-0.05, 0) is 30.7 Å². The van der Waals surface area contributed by atoms with E-state index < -0.39 is 11.8 Å². The van der Waals surface area contributed by atoms with Gasteiger partial charge in [-0.15, -0.1) is 11.8 Å². The van der Waals surface area contributed by atoms with E-state index >= 15 is 0 Å². The third kappa shape index (κ3) is 14.3. The zero-order chi connectivity index (χ0) is 21.9. The summed E-state index contributed by atoms with van der Waals surface area (Å²) in [6, 6.07) is 6.90. The summed E-state index contributed by atoms with van der Waals surface area (Å²) in [7, 11) is 0. The normalized spacial score (nSPS) is 10.7. The van der Waals surface area contributed by atoms with E-state index in [1.165, 1.54) is 64.2 Å². The van der Waals surface area contributed by atoms with E-state index in [4.69, 9.17) is 0 Å². The molecule has 170 valence electrons. The number of phenolic OH excluding ortho intramolecular Hbond substituents is 1. The Kier molecular flexibility index (Phi) is 15.9. The largest absolute Gasteiger partial charge is 0.508 e. The second-order valence-electron chi connectivity index (χ2n) is 7.74. The van der Waals surface area contributed by atoms with Gasteiger partial charge in [0.2, 0.25) is 0 Å². The Hall–Kier alpha value is -1.69. The van der Waals surface area contributed by atoms with E-state index in [1.807, 2.05) is 12.1 Å². The third-order valence-corrected chi connectivity index (χ3v) is 6.03. The highest BCUT2D eigenvalue weighted by Gasteiger charge is 2.11. The van der Waals surface area contributed by atoms with Crippen LogP contribution in [0.3, 0.4) is 0 Å². The quantitative estimate of drug-likeness (QED) is 0.173. The molecule has 0 aromatic heterocycles. The molecular formula is C24H40N2O3S. The molecular weight excluding hydrogens is 396 g/mol. The molecule has 0 aliphatic carbocycles. The maximum atomic E-state index is 11.8. The van der Waals surface area contributed by atoms with Crippen molar-refractivity contribution in [3.05, 3.63) is 24.3 Å². The fraction of sp³-hybridized carbons (Fsp3) is 0.667. The fourth-order valence-corrected chi connectivity index (χ4v) is 3.97. The van der Waals surface area contributed by atoms with E-state index in [-0.39, 0.29) is 5.75 Å². The van der Waals surface area contributed by atoms with Crippen molar-refractivity contribution in [2.45, 2.75) is 88.9 Å². The van der Waals surface area contributed by atoms with Gasteiger partial charge in [0.15, 0.2) is 0 Å².